The number of hydrogen-bond acceptors (Lipinski definition) is 4. The third-order valence-corrected chi connectivity index (χ3v) is 3.25. The smallest absolute Gasteiger partial charge is 0.208 e. The predicted molar refractivity (Wildman–Crippen MR) is 78.9 cm³/mol. The first kappa shape index (κ1) is 14.6. The van der Waals surface area contributed by atoms with Crippen LogP contribution < -0.4 is 10.1 Å². The molecule has 2 aromatic rings. The first-order valence-corrected chi connectivity index (χ1v) is 7.01. The number of rotatable bonds is 7. The van der Waals surface area contributed by atoms with Gasteiger partial charge in [-0.3, -0.25) is 0 Å². The molecule has 0 spiro atoms. The maximum atomic E-state index is 5.57. The Bertz CT molecular complexity index is 520. The Hall–Kier alpha value is -1.81. The molecule has 1 aromatic heterocycles. The van der Waals surface area contributed by atoms with Crippen molar-refractivity contribution in [3.05, 3.63) is 47.7 Å². The van der Waals surface area contributed by atoms with E-state index in [1.54, 1.807) is 13.3 Å². The van der Waals surface area contributed by atoms with Crippen molar-refractivity contribution in [2.45, 2.75) is 39.3 Å². The predicted octanol–water partition coefficient (Wildman–Crippen LogP) is 2.97. The van der Waals surface area contributed by atoms with Gasteiger partial charge in [-0.2, -0.15) is 0 Å². The number of nitrogens with one attached hydrogen (secondary N) is 1. The molecule has 2 rings (SSSR count). The fourth-order valence-electron chi connectivity index (χ4n) is 2.04. The van der Waals surface area contributed by atoms with Crippen molar-refractivity contribution in [1.29, 1.82) is 0 Å². The molecule has 0 radical (unpaired) electrons. The third-order valence-electron chi connectivity index (χ3n) is 3.25. The Morgan fingerprint density at radius 2 is 2.05 bits per heavy atom. The van der Waals surface area contributed by atoms with Gasteiger partial charge in [-0.25, -0.2) is 4.98 Å². The molecule has 0 fully saturated rings. The van der Waals surface area contributed by atoms with E-state index in [0.717, 1.165) is 30.2 Å². The number of nitrogens with zero attached hydrogens (tertiary/aromatic N) is 1. The van der Waals surface area contributed by atoms with E-state index in [2.05, 4.69) is 36.3 Å². The van der Waals surface area contributed by atoms with Crippen LogP contribution in [0.15, 0.2) is 34.9 Å². The van der Waals surface area contributed by atoms with Gasteiger partial charge in [0.25, 0.3) is 0 Å². The minimum atomic E-state index is 0.361. The van der Waals surface area contributed by atoms with Crippen molar-refractivity contribution >= 4 is 0 Å². The monoisotopic (exact) mass is 274 g/mol. The highest BCUT2D eigenvalue weighted by Gasteiger charge is 2.06. The molecule has 4 nitrogen and oxygen atoms in total. The molecular weight excluding hydrogens is 252 g/mol. The lowest BCUT2D eigenvalue weighted by Gasteiger charge is -2.12. The summed E-state index contributed by atoms with van der Waals surface area (Å²) in [7, 11) is 1.68. The van der Waals surface area contributed by atoms with E-state index in [-0.39, 0.29) is 0 Å². The van der Waals surface area contributed by atoms with Crippen LogP contribution in [0.25, 0.3) is 0 Å². The largest absolute Gasteiger partial charge is 0.497 e. The molecule has 0 aliphatic heterocycles. The van der Waals surface area contributed by atoms with Gasteiger partial charge in [0.2, 0.25) is 5.89 Å². The zero-order chi connectivity index (χ0) is 14.4. The van der Waals surface area contributed by atoms with E-state index in [9.17, 15) is 0 Å². The number of ether oxygens (including phenoxy) is 1. The van der Waals surface area contributed by atoms with Crippen molar-refractivity contribution in [2.24, 2.45) is 0 Å². The normalized spacial score (nSPS) is 12.3. The van der Waals surface area contributed by atoms with Crippen molar-refractivity contribution in [3.8, 4) is 5.75 Å². The molecule has 0 aliphatic carbocycles. The maximum Gasteiger partial charge on any atom is 0.208 e. The van der Waals surface area contributed by atoms with E-state index < -0.39 is 0 Å². The summed E-state index contributed by atoms with van der Waals surface area (Å²) < 4.78 is 10.7. The minimum absolute atomic E-state index is 0.361. The average molecular weight is 274 g/mol. The van der Waals surface area contributed by atoms with Gasteiger partial charge in [-0.05, 0) is 31.0 Å². The summed E-state index contributed by atoms with van der Waals surface area (Å²) in [6.07, 6.45) is 3.64. The molecule has 0 saturated heterocycles. The SMILES string of the molecule is CCc1cnc(CNC(C)Cc2ccc(OC)cc2)o1. The summed E-state index contributed by atoms with van der Waals surface area (Å²) in [5.41, 5.74) is 1.28. The highest BCUT2D eigenvalue weighted by atomic mass is 16.5. The molecule has 1 N–H and O–H groups in total. The fraction of sp³-hybridized carbons (Fsp3) is 0.438. The van der Waals surface area contributed by atoms with Gasteiger partial charge in [0, 0.05) is 12.5 Å². The lowest BCUT2D eigenvalue weighted by Crippen LogP contribution is -2.27. The number of methoxy groups -OCH3 is 1. The van der Waals surface area contributed by atoms with Crippen molar-refractivity contribution in [1.82, 2.24) is 10.3 Å². The summed E-state index contributed by atoms with van der Waals surface area (Å²) in [5, 5.41) is 3.43. The van der Waals surface area contributed by atoms with E-state index in [1.807, 2.05) is 12.1 Å². The Morgan fingerprint density at radius 1 is 1.30 bits per heavy atom. The highest BCUT2D eigenvalue weighted by Crippen LogP contribution is 2.13. The fourth-order valence-corrected chi connectivity index (χ4v) is 2.04. The van der Waals surface area contributed by atoms with E-state index in [1.165, 1.54) is 5.56 Å². The topological polar surface area (TPSA) is 47.3 Å². The summed E-state index contributed by atoms with van der Waals surface area (Å²) in [6.45, 7) is 4.88. The van der Waals surface area contributed by atoms with Crippen molar-refractivity contribution < 1.29 is 9.15 Å². The van der Waals surface area contributed by atoms with Crippen LogP contribution in [-0.2, 0) is 19.4 Å². The summed E-state index contributed by atoms with van der Waals surface area (Å²) in [5.74, 6) is 2.58. The molecular formula is C16H22N2O2. The Balaban J connectivity index is 1.80. The second kappa shape index (κ2) is 7.10. The van der Waals surface area contributed by atoms with Crippen LogP contribution in [0.2, 0.25) is 0 Å². The molecule has 1 heterocycles. The van der Waals surface area contributed by atoms with Crippen molar-refractivity contribution in [3.63, 3.8) is 0 Å². The Morgan fingerprint density at radius 3 is 2.65 bits per heavy atom. The maximum absolute atomic E-state index is 5.57. The minimum Gasteiger partial charge on any atom is -0.497 e. The molecule has 20 heavy (non-hydrogen) atoms. The molecule has 0 aliphatic rings. The molecule has 1 unspecified atom stereocenters. The van der Waals surface area contributed by atoms with Gasteiger partial charge in [0.15, 0.2) is 0 Å². The second-order valence-electron chi connectivity index (χ2n) is 4.91. The van der Waals surface area contributed by atoms with Gasteiger partial charge >= 0.3 is 0 Å². The zero-order valence-electron chi connectivity index (χ0n) is 12.3. The summed E-state index contributed by atoms with van der Waals surface area (Å²) in [6, 6.07) is 8.53. The van der Waals surface area contributed by atoms with Crippen LogP contribution in [0.4, 0.5) is 0 Å². The second-order valence-corrected chi connectivity index (χ2v) is 4.91. The number of hydrogen-bond donors (Lipinski definition) is 1. The first-order chi connectivity index (χ1) is 9.71. The molecule has 4 heteroatoms. The van der Waals surface area contributed by atoms with Crippen LogP contribution in [-0.4, -0.2) is 18.1 Å². The number of oxazole rings is 1. The molecule has 1 atom stereocenters. The van der Waals surface area contributed by atoms with Crippen LogP contribution in [0.3, 0.4) is 0 Å². The van der Waals surface area contributed by atoms with Gasteiger partial charge in [-0.1, -0.05) is 19.1 Å². The van der Waals surface area contributed by atoms with E-state index in [0.29, 0.717) is 12.6 Å². The van der Waals surface area contributed by atoms with Crippen LogP contribution in [0.1, 0.15) is 31.1 Å². The van der Waals surface area contributed by atoms with Crippen LogP contribution >= 0.6 is 0 Å². The number of benzene rings is 1. The quantitative estimate of drug-likeness (QED) is 0.843. The van der Waals surface area contributed by atoms with E-state index >= 15 is 0 Å². The van der Waals surface area contributed by atoms with Crippen molar-refractivity contribution in [2.75, 3.05) is 7.11 Å². The standard InChI is InChI=1S/C16H22N2O2/c1-4-14-10-18-16(20-14)11-17-12(2)9-13-5-7-15(19-3)8-6-13/h5-8,10,12,17H,4,9,11H2,1-3H3. The summed E-state index contributed by atoms with van der Waals surface area (Å²) in [4.78, 5) is 4.24. The molecule has 0 saturated carbocycles. The molecule has 1 aromatic carbocycles. The van der Waals surface area contributed by atoms with Crippen LogP contribution in [0.5, 0.6) is 5.75 Å². The highest BCUT2D eigenvalue weighted by molar-refractivity contribution is 5.27. The third kappa shape index (κ3) is 4.10. The molecule has 0 amide bonds. The lowest BCUT2D eigenvalue weighted by molar-refractivity contribution is 0.413. The van der Waals surface area contributed by atoms with Gasteiger partial charge in [0.05, 0.1) is 19.9 Å². The van der Waals surface area contributed by atoms with Gasteiger partial charge in [0.1, 0.15) is 11.5 Å². The molecule has 108 valence electrons. The van der Waals surface area contributed by atoms with E-state index in [4.69, 9.17) is 9.15 Å². The number of aromatic nitrogens is 1. The lowest BCUT2D eigenvalue weighted by atomic mass is 10.1. The summed E-state index contributed by atoms with van der Waals surface area (Å²) >= 11 is 0. The zero-order valence-corrected chi connectivity index (χ0v) is 12.3. The Labute approximate surface area is 120 Å². The molecule has 0 bridgehead atoms. The number of aryl methyl sites for hydroxylation is 1. The first-order valence-electron chi connectivity index (χ1n) is 7.01. The Kier molecular flexibility index (Phi) is 5.18. The van der Waals surface area contributed by atoms with Crippen LogP contribution in [0, 0.1) is 0 Å². The van der Waals surface area contributed by atoms with Gasteiger partial charge < -0.3 is 14.5 Å². The average Bonchev–Trinajstić information content (AvgIpc) is 2.94. The van der Waals surface area contributed by atoms with Gasteiger partial charge in [-0.15, -0.1) is 0 Å².